The van der Waals surface area contributed by atoms with Gasteiger partial charge in [-0.05, 0) is 43.4 Å². The fourth-order valence-corrected chi connectivity index (χ4v) is 13.4. The number of hydrogen-bond acceptors (Lipinski definition) is 15. The highest BCUT2D eigenvalue weighted by Crippen LogP contribution is 2.45. The molecule has 0 radical (unpaired) electrons. The van der Waals surface area contributed by atoms with Crippen LogP contribution in [-0.2, 0) is 65.4 Å². The van der Waals surface area contributed by atoms with Crippen molar-refractivity contribution in [2.75, 3.05) is 39.6 Å². The van der Waals surface area contributed by atoms with Gasteiger partial charge in [0.15, 0.2) is 12.2 Å². The number of carbonyl (C=O) groups is 4. The van der Waals surface area contributed by atoms with Crippen molar-refractivity contribution in [2.24, 2.45) is 17.8 Å². The summed E-state index contributed by atoms with van der Waals surface area (Å²) < 4.78 is 68.5. The van der Waals surface area contributed by atoms with E-state index in [1.54, 1.807) is 0 Å². The van der Waals surface area contributed by atoms with Crippen molar-refractivity contribution >= 4 is 39.5 Å². The van der Waals surface area contributed by atoms with Crippen LogP contribution in [0, 0.1) is 17.8 Å². The van der Waals surface area contributed by atoms with Gasteiger partial charge in [0.1, 0.15) is 19.3 Å². The Morgan fingerprint density at radius 1 is 0.281 bits per heavy atom. The summed E-state index contributed by atoms with van der Waals surface area (Å²) in [4.78, 5) is 72.8. The first kappa shape index (κ1) is 94.1. The van der Waals surface area contributed by atoms with E-state index in [2.05, 4.69) is 48.5 Å². The number of aliphatic hydroxyl groups is 1. The van der Waals surface area contributed by atoms with Crippen molar-refractivity contribution in [3.05, 3.63) is 0 Å². The van der Waals surface area contributed by atoms with Gasteiger partial charge in [0.05, 0.1) is 26.4 Å². The summed E-state index contributed by atoms with van der Waals surface area (Å²) in [5, 5.41) is 10.6. The third kappa shape index (κ3) is 70.5. The second-order valence-corrected chi connectivity index (χ2v) is 32.1. The SMILES string of the molecule is CCCCCCCCCCCCCCCCC(=O)O[C@H](COC(=O)CCCCCCCCC(C)C)COP(=O)(O)OC[C@H](O)COP(=O)(O)OC[C@@H](COC(=O)CCCCCCCCCCCCCC(C)C)OC(=O)CCCCCCCCCCCCCCCCCCC(C)C. The normalized spacial score (nSPS) is 14.1. The van der Waals surface area contributed by atoms with E-state index in [4.69, 9.17) is 37.0 Å². The molecule has 0 saturated carbocycles. The van der Waals surface area contributed by atoms with Gasteiger partial charge in [-0.15, -0.1) is 0 Å². The zero-order valence-corrected chi connectivity index (χ0v) is 64.6. The second kappa shape index (κ2) is 67.5. The van der Waals surface area contributed by atoms with Gasteiger partial charge in [-0.2, -0.15) is 0 Å². The Morgan fingerprint density at radius 3 is 0.708 bits per heavy atom. The van der Waals surface area contributed by atoms with Crippen LogP contribution in [0.1, 0.15) is 395 Å². The molecular formula is C77H150O17P2. The fraction of sp³-hybridized carbons (Fsp3) is 0.948. The van der Waals surface area contributed by atoms with Crippen LogP contribution in [0.5, 0.6) is 0 Å². The topological polar surface area (TPSA) is 237 Å². The van der Waals surface area contributed by atoms with Crippen molar-refractivity contribution in [3.63, 3.8) is 0 Å². The number of phosphoric acid groups is 2. The molecule has 0 amide bonds. The number of aliphatic hydroxyl groups excluding tert-OH is 1. The predicted molar refractivity (Wildman–Crippen MR) is 391 cm³/mol. The molecule has 0 fully saturated rings. The average Bonchev–Trinajstić information content (AvgIpc) is 1.46. The fourth-order valence-electron chi connectivity index (χ4n) is 11.8. The molecule has 0 aliphatic rings. The summed E-state index contributed by atoms with van der Waals surface area (Å²) in [6.07, 6.45) is 54.2. The summed E-state index contributed by atoms with van der Waals surface area (Å²) in [6, 6.07) is 0. The highest BCUT2D eigenvalue weighted by Gasteiger charge is 2.30. The van der Waals surface area contributed by atoms with Gasteiger partial charge in [0.25, 0.3) is 0 Å². The maximum absolute atomic E-state index is 13.1. The summed E-state index contributed by atoms with van der Waals surface area (Å²) >= 11 is 0. The summed E-state index contributed by atoms with van der Waals surface area (Å²) in [5.74, 6) is 0.143. The third-order valence-electron chi connectivity index (χ3n) is 17.9. The van der Waals surface area contributed by atoms with Gasteiger partial charge in [0.2, 0.25) is 0 Å². The maximum Gasteiger partial charge on any atom is 0.472 e. The molecule has 5 atom stereocenters. The number of phosphoric ester groups is 2. The van der Waals surface area contributed by atoms with Crippen molar-refractivity contribution in [1.82, 2.24) is 0 Å². The number of ether oxygens (including phenoxy) is 4. The molecule has 0 saturated heterocycles. The van der Waals surface area contributed by atoms with Crippen LogP contribution in [-0.4, -0.2) is 96.7 Å². The first-order valence-corrected chi connectivity index (χ1v) is 42.8. The van der Waals surface area contributed by atoms with E-state index >= 15 is 0 Å². The zero-order valence-electron chi connectivity index (χ0n) is 62.8. The van der Waals surface area contributed by atoms with Gasteiger partial charge in [0, 0.05) is 25.7 Å². The van der Waals surface area contributed by atoms with Gasteiger partial charge >= 0.3 is 39.5 Å². The molecule has 19 heteroatoms. The Hall–Kier alpha value is -1.94. The van der Waals surface area contributed by atoms with Crippen molar-refractivity contribution in [3.8, 4) is 0 Å². The van der Waals surface area contributed by atoms with Gasteiger partial charge in [-0.25, -0.2) is 9.13 Å². The van der Waals surface area contributed by atoms with E-state index in [1.807, 2.05) is 0 Å². The van der Waals surface area contributed by atoms with E-state index < -0.39 is 97.5 Å². The zero-order chi connectivity index (χ0) is 70.9. The second-order valence-electron chi connectivity index (χ2n) is 29.2. The van der Waals surface area contributed by atoms with Crippen LogP contribution >= 0.6 is 15.6 Å². The number of carbonyl (C=O) groups excluding carboxylic acids is 4. The first-order chi connectivity index (χ1) is 46.2. The number of unbranched alkanes of at least 4 members (excludes halogenated alkanes) is 43. The highest BCUT2D eigenvalue weighted by molar-refractivity contribution is 7.47. The quantitative estimate of drug-likeness (QED) is 0.0222. The Bertz CT molecular complexity index is 1870. The molecule has 0 aliphatic heterocycles. The lowest BCUT2D eigenvalue weighted by molar-refractivity contribution is -0.161. The molecule has 0 heterocycles. The van der Waals surface area contributed by atoms with E-state index in [0.717, 1.165) is 108 Å². The number of hydrogen-bond donors (Lipinski definition) is 3. The molecule has 0 aliphatic carbocycles. The Kier molecular flexibility index (Phi) is 66.2. The van der Waals surface area contributed by atoms with Crippen LogP contribution < -0.4 is 0 Å². The van der Waals surface area contributed by atoms with Gasteiger partial charge < -0.3 is 33.8 Å². The predicted octanol–water partition coefficient (Wildman–Crippen LogP) is 22.6. The van der Waals surface area contributed by atoms with Crippen molar-refractivity contribution < 1.29 is 80.2 Å². The molecule has 570 valence electrons. The van der Waals surface area contributed by atoms with E-state index in [1.165, 1.54) is 199 Å². The largest absolute Gasteiger partial charge is 0.472 e. The summed E-state index contributed by atoms with van der Waals surface area (Å²) in [5.41, 5.74) is 0. The smallest absolute Gasteiger partial charge is 0.462 e. The lowest BCUT2D eigenvalue weighted by Crippen LogP contribution is -2.30. The maximum atomic E-state index is 13.1. The Balaban J connectivity index is 5.23. The molecule has 17 nitrogen and oxygen atoms in total. The minimum atomic E-state index is -4.96. The average molecular weight is 1410 g/mol. The van der Waals surface area contributed by atoms with E-state index in [0.29, 0.717) is 31.6 Å². The standard InChI is InChI=1S/C77H150O17P2/c1-8-9-10-11-12-13-14-15-21-26-32-37-46-53-60-77(82)94-73(65-88-75(80)59-52-45-40-39-43-50-57-70(6)7)67-92-96(85,86)90-63-71(78)62-89-95(83,84)91-66-72(64-87-74(79)58-51-44-36-31-28-23-25-30-35-42-49-56-69(4)5)93-76(81)61-54-47-38-33-27-22-19-17-16-18-20-24-29-34-41-48-55-68(2)3/h68-73,78H,8-67H2,1-7H3,(H,83,84)(H,85,86)/t71-,72-,73-/m1/s1. The molecule has 0 bridgehead atoms. The molecule has 2 unspecified atom stereocenters. The third-order valence-corrected chi connectivity index (χ3v) is 19.8. The van der Waals surface area contributed by atoms with Gasteiger partial charge in [-0.3, -0.25) is 37.3 Å². The minimum Gasteiger partial charge on any atom is -0.462 e. The molecule has 0 aromatic heterocycles. The summed E-state index contributed by atoms with van der Waals surface area (Å²) in [6.45, 7) is 11.9. The van der Waals surface area contributed by atoms with Crippen molar-refractivity contribution in [2.45, 2.75) is 414 Å². The molecule has 0 aromatic carbocycles. The van der Waals surface area contributed by atoms with E-state index in [-0.39, 0.29) is 25.7 Å². The summed E-state index contributed by atoms with van der Waals surface area (Å²) in [7, 11) is -9.91. The minimum absolute atomic E-state index is 0.107. The Labute approximate surface area is 588 Å². The number of rotatable bonds is 75. The van der Waals surface area contributed by atoms with Gasteiger partial charge in [-0.1, -0.05) is 344 Å². The highest BCUT2D eigenvalue weighted by atomic mass is 31.2. The lowest BCUT2D eigenvalue weighted by atomic mass is 10.0. The van der Waals surface area contributed by atoms with Crippen LogP contribution in [0.15, 0.2) is 0 Å². The van der Waals surface area contributed by atoms with E-state index in [9.17, 15) is 43.2 Å². The van der Waals surface area contributed by atoms with Crippen LogP contribution in [0.4, 0.5) is 0 Å². The Morgan fingerprint density at radius 2 is 0.479 bits per heavy atom. The molecule has 0 rings (SSSR count). The molecule has 96 heavy (non-hydrogen) atoms. The monoisotopic (exact) mass is 1410 g/mol. The van der Waals surface area contributed by atoms with Crippen LogP contribution in [0.25, 0.3) is 0 Å². The lowest BCUT2D eigenvalue weighted by Gasteiger charge is -2.21. The molecule has 3 N–H and O–H groups in total. The van der Waals surface area contributed by atoms with Crippen molar-refractivity contribution in [1.29, 1.82) is 0 Å². The first-order valence-electron chi connectivity index (χ1n) is 39.8. The molecular weight excluding hydrogens is 1260 g/mol. The van der Waals surface area contributed by atoms with Crippen LogP contribution in [0.3, 0.4) is 0 Å². The molecule has 0 aromatic rings. The number of esters is 4. The molecule has 0 spiro atoms. The van der Waals surface area contributed by atoms with Crippen LogP contribution in [0.2, 0.25) is 0 Å².